The summed E-state index contributed by atoms with van der Waals surface area (Å²) < 4.78 is 5.92. The normalized spacial score (nSPS) is 30.7. The van der Waals surface area contributed by atoms with Gasteiger partial charge in [0, 0.05) is 17.4 Å². The second-order valence-corrected chi connectivity index (χ2v) is 9.44. The molecule has 2 aromatic rings. The number of benzene rings is 2. The zero-order valence-electron chi connectivity index (χ0n) is 17.3. The highest BCUT2D eigenvalue weighted by atomic mass is 16.5. The van der Waals surface area contributed by atoms with Gasteiger partial charge in [-0.2, -0.15) is 0 Å². The van der Waals surface area contributed by atoms with E-state index in [1.54, 1.807) is 12.1 Å². The minimum Gasteiger partial charge on any atom is -0.478 e. The number of carbonyl (C=O) groups is 2. The smallest absolute Gasteiger partial charge is 0.349 e. The first kappa shape index (κ1) is 19.3. The fraction of sp³-hybridized carbons (Fsp3) is 0.462. The number of carbonyl (C=O) groups excluding carboxylic acids is 1. The van der Waals surface area contributed by atoms with E-state index in [1.807, 2.05) is 30.3 Å². The molecule has 0 aromatic heterocycles. The number of fused-ring (bicyclic) bond motifs is 5. The van der Waals surface area contributed by atoms with Gasteiger partial charge in [0.2, 0.25) is 6.10 Å². The summed E-state index contributed by atoms with van der Waals surface area (Å²) in [4.78, 5) is 24.3. The van der Waals surface area contributed by atoms with Crippen molar-refractivity contribution in [1.29, 1.82) is 0 Å². The molecule has 2 aromatic carbocycles. The molecule has 0 amide bonds. The summed E-state index contributed by atoms with van der Waals surface area (Å²) in [6, 6.07) is 15.2. The van der Waals surface area contributed by atoms with E-state index in [9.17, 15) is 14.7 Å². The van der Waals surface area contributed by atoms with Gasteiger partial charge in [0.15, 0.2) is 0 Å². The molecule has 0 radical (unpaired) electrons. The molecule has 0 bridgehead atoms. The van der Waals surface area contributed by atoms with Gasteiger partial charge in [0.25, 0.3) is 0 Å². The van der Waals surface area contributed by atoms with E-state index in [-0.39, 0.29) is 5.41 Å². The Morgan fingerprint density at radius 3 is 2.67 bits per heavy atom. The molecular weight excluding hydrogens is 376 g/mol. The van der Waals surface area contributed by atoms with E-state index in [1.165, 1.54) is 11.1 Å². The molecule has 0 heterocycles. The molecule has 0 saturated heterocycles. The molecule has 0 aliphatic heterocycles. The maximum atomic E-state index is 12.5. The average Bonchev–Trinajstić information content (AvgIpc) is 3.06. The summed E-state index contributed by atoms with van der Waals surface area (Å²) in [5.41, 5.74) is 3.19. The molecule has 3 aliphatic carbocycles. The molecule has 30 heavy (non-hydrogen) atoms. The molecular formula is C26H28O4. The van der Waals surface area contributed by atoms with Crippen molar-refractivity contribution in [2.75, 3.05) is 0 Å². The number of carboxylic acid groups (broad SMARTS) is 1. The fourth-order valence-electron chi connectivity index (χ4n) is 6.43. The number of ether oxygens (including phenoxy) is 1. The standard InChI is InChI=1S/C26H28O4/c1-26-14-13-20-19-10-8-18(30-24(25(28)29)16-5-3-2-4-6-16)15-17(19)7-9-21(20)22(26)11-12-23(26)27/h2-6,8,10,15,20-22,24H,7,9,11-14H2,1H3,(H,28,29)/t20-,21-,22+,24?,26+/m1/s1. The number of rotatable bonds is 4. The van der Waals surface area contributed by atoms with Gasteiger partial charge >= 0.3 is 5.97 Å². The third kappa shape index (κ3) is 3.05. The Morgan fingerprint density at radius 1 is 1.10 bits per heavy atom. The number of aliphatic carboxylic acids is 1. The number of Topliss-reactive ketones (excluding diaryl/α,β-unsaturated/α-hetero) is 1. The van der Waals surface area contributed by atoms with Crippen molar-refractivity contribution in [3.8, 4) is 5.75 Å². The van der Waals surface area contributed by atoms with Crippen molar-refractivity contribution in [1.82, 2.24) is 0 Å². The first-order valence-corrected chi connectivity index (χ1v) is 11.1. The second-order valence-electron chi connectivity index (χ2n) is 9.44. The SMILES string of the molecule is C[C@]12CC[C@@H]3c4ccc(OC(C(=O)O)c5ccccc5)cc4CC[C@H]3[C@@H]1CCC2=O. The Hall–Kier alpha value is -2.62. The lowest BCUT2D eigenvalue weighted by atomic mass is 9.55. The van der Waals surface area contributed by atoms with Crippen molar-refractivity contribution in [3.05, 3.63) is 65.2 Å². The van der Waals surface area contributed by atoms with Crippen LogP contribution >= 0.6 is 0 Å². The average molecular weight is 405 g/mol. The molecule has 2 saturated carbocycles. The van der Waals surface area contributed by atoms with E-state index in [0.29, 0.717) is 34.8 Å². The van der Waals surface area contributed by atoms with E-state index in [2.05, 4.69) is 13.0 Å². The van der Waals surface area contributed by atoms with Crippen LogP contribution in [0.5, 0.6) is 5.75 Å². The van der Waals surface area contributed by atoms with Gasteiger partial charge in [-0.05, 0) is 73.1 Å². The van der Waals surface area contributed by atoms with Crippen LogP contribution in [0, 0.1) is 17.3 Å². The van der Waals surface area contributed by atoms with Crippen molar-refractivity contribution in [2.24, 2.45) is 17.3 Å². The summed E-state index contributed by atoms with van der Waals surface area (Å²) in [5, 5.41) is 9.66. The molecule has 5 rings (SSSR count). The van der Waals surface area contributed by atoms with Crippen LogP contribution in [0.2, 0.25) is 0 Å². The largest absolute Gasteiger partial charge is 0.478 e. The van der Waals surface area contributed by atoms with Gasteiger partial charge in [-0.25, -0.2) is 4.79 Å². The first-order chi connectivity index (χ1) is 14.5. The summed E-state index contributed by atoms with van der Waals surface area (Å²) >= 11 is 0. The number of carboxylic acids is 1. The van der Waals surface area contributed by atoms with Crippen LogP contribution in [0.1, 0.15) is 67.7 Å². The Bertz CT molecular complexity index is 982. The quantitative estimate of drug-likeness (QED) is 0.749. The molecule has 1 unspecified atom stereocenters. The van der Waals surface area contributed by atoms with Gasteiger partial charge in [-0.3, -0.25) is 4.79 Å². The van der Waals surface area contributed by atoms with Crippen LogP contribution < -0.4 is 4.74 Å². The molecule has 4 heteroatoms. The van der Waals surface area contributed by atoms with Gasteiger partial charge < -0.3 is 9.84 Å². The van der Waals surface area contributed by atoms with E-state index < -0.39 is 12.1 Å². The molecule has 4 nitrogen and oxygen atoms in total. The summed E-state index contributed by atoms with van der Waals surface area (Å²) in [7, 11) is 0. The predicted octanol–water partition coefficient (Wildman–Crippen LogP) is 5.32. The van der Waals surface area contributed by atoms with Crippen LogP contribution in [0.25, 0.3) is 0 Å². The van der Waals surface area contributed by atoms with E-state index >= 15 is 0 Å². The van der Waals surface area contributed by atoms with Crippen LogP contribution in [0.15, 0.2) is 48.5 Å². The highest BCUT2D eigenvalue weighted by molar-refractivity contribution is 5.87. The van der Waals surface area contributed by atoms with Crippen molar-refractivity contribution < 1.29 is 19.4 Å². The Labute approximate surface area is 177 Å². The van der Waals surface area contributed by atoms with E-state index in [0.717, 1.165) is 38.5 Å². The summed E-state index contributed by atoms with van der Waals surface area (Å²) in [5.74, 6) is 1.71. The molecule has 5 atom stereocenters. The highest BCUT2D eigenvalue weighted by Gasteiger charge is 2.54. The van der Waals surface area contributed by atoms with Crippen LogP contribution in [0.3, 0.4) is 0 Å². The number of aryl methyl sites for hydroxylation is 1. The lowest BCUT2D eigenvalue weighted by molar-refractivity contribution is -0.145. The van der Waals surface area contributed by atoms with E-state index in [4.69, 9.17) is 4.74 Å². The third-order valence-corrected chi connectivity index (χ3v) is 7.99. The Morgan fingerprint density at radius 2 is 1.90 bits per heavy atom. The Kier molecular flexibility index (Phi) is 4.68. The maximum absolute atomic E-state index is 12.5. The minimum atomic E-state index is -1.01. The zero-order chi connectivity index (χ0) is 20.9. The third-order valence-electron chi connectivity index (χ3n) is 7.99. The summed E-state index contributed by atoms with van der Waals surface area (Å²) in [6.07, 6.45) is 4.92. The molecule has 156 valence electrons. The first-order valence-electron chi connectivity index (χ1n) is 11.1. The van der Waals surface area contributed by atoms with Gasteiger partial charge in [0.05, 0.1) is 0 Å². The topological polar surface area (TPSA) is 63.6 Å². The predicted molar refractivity (Wildman–Crippen MR) is 114 cm³/mol. The van der Waals surface area contributed by atoms with Crippen LogP contribution in [0.4, 0.5) is 0 Å². The lowest BCUT2D eigenvalue weighted by Gasteiger charge is -2.48. The minimum absolute atomic E-state index is 0.105. The number of hydrogen-bond acceptors (Lipinski definition) is 3. The van der Waals surface area contributed by atoms with Crippen LogP contribution in [-0.4, -0.2) is 16.9 Å². The molecule has 1 N–H and O–H groups in total. The van der Waals surface area contributed by atoms with Crippen LogP contribution in [-0.2, 0) is 16.0 Å². The zero-order valence-corrected chi connectivity index (χ0v) is 17.3. The molecule has 2 fully saturated rings. The fourth-order valence-corrected chi connectivity index (χ4v) is 6.43. The Balaban J connectivity index is 1.40. The van der Waals surface area contributed by atoms with Gasteiger partial charge in [0.1, 0.15) is 11.5 Å². The van der Waals surface area contributed by atoms with Gasteiger partial charge in [-0.1, -0.05) is 43.3 Å². The number of ketones is 1. The number of hydrogen-bond donors (Lipinski definition) is 1. The van der Waals surface area contributed by atoms with Gasteiger partial charge in [-0.15, -0.1) is 0 Å². The monoisotopic (exact) mass is 404 g/mol. The summed E-state index contributed by atoms with van der Waals surface area (Å²) in [6.45, 7) is 2.20. The molecule has 0 spiro atoms. The molecule has 3 aliphatic rings. The van der Waals surface area contributed by atoms with Crippen molar-refractivity contribution in [2.45, 2.75) is 57.5 Å². The second kappa shape index (κ2) is 7.26. The lowest BCUT2D eigenvalue weighted by Crippen LogP contribution is -2.42. The van der Waals surface area contributed by atoms with Crippen molar-refractivity contribution in [3.63, 3.8) is 0 Å². The highest BCUT2D eigenvalue weighted by Crippen LogP contribution is 2.59. The maximum Gasteiger partial charge on any atom is 0.349 e. The van der Waals surface area contributed by atoms with Crippen molar-refractivity contribution >= 4 is 11.8 Å².